The zero-order valence-electron chi connectivity index (χ0n) is 6.76. The Morgan fingerprint density at radius 1 is 1.75 bits per heavy atom. The summed E-state index contributed by atoms with van der Waals surface area (Å²) in [5.74, 6) is 0.726. The lowest BCUT2D eigenvalue weighted by atomic mass is 10.1. The molecule has 1 aromatic heterocycles. The molecule has 1 aromatic rings. The molecule has 1 atom stereocenters. The minimum absolute atomic E-state index is 0.156. The van der Waals surface area contributed by atoms with Crippen molar-refractivity contribution in [3.63, 3.8) is 0 Å². The van der Waals surface area contributed by atoms with Crippen molar-refractivity contribution >= 4 is 11.3 Å². The second-order valence-electron chi connectivity index (χ2n) is 2.84. The van der Waals surface area contributed by atoms with Gasteiger partial charge in [-0.05, 0) is 7.05 Å². The van der Waals surface area contributed by atoms with Gasteiger partial charge < -0.3 is 10.1 Å². The fourth-order valence-corrected chi connectivity index (χ4v) is 2.21. The summed E-state index contributed by atoms with van der Waals surface area (Å²) in [7, 11) is 1.89. The molecular weight excluding hydrogens is 177 g/mol. The van der Waals surface area contributed by atoms with Crippen LogP contribution in [0.4, 0.5) is 4.39 Å². The number of ether oxygens (including phenoxy) is 1. The molecule has 66 valence electrons. The summed E-state index contributed by atoms with van der Waals surface area (Å²) in [5, 5.41) is 2.96. The first kappa shape index (κ1) is 8.01. The van der Waals surface area contributed by atoms with Gasteiger partial charge in [0.15, 0.2) is 5.13 Å². The summed E-state index contributed by atoms with van der Waals surface area (Å²) in [6.07, 6.45) is 0.875. The number of thiophene rings is 1. The number of rotatable bonds is 1. The van der Waals surface area contributed by atoms with E-state index in [1.807, 2.05) is 7.05 Å². The SMILES string of the molecule is CNC1COc2cc(F)sc2C1. The van der Waals surface area contributed by atoms with Crippen LogP contribution in [0.5, 0.6) is 5.75 Å². The van der Waals surface area contributed by atoms with Crippen molar-refractivity contribution in [3.8, 4) is 5.75 Å². The molecule has 2 rings (SSSR count). The zero-order chi connectivity index (χ0) is 8.55. The van der Waals surface area contributed by atoms with Crippen LogP contribution in [0.3, 0.4) is 0 Å². The number of halogens is 1. The van der Waals surface area contributed by atoms with Crippen LogP contribution < -0.4 is 10.1 Å². The van der Waals surface area contributed by atoms with E-state index in [4.69, 9.17) is 4.74 Å². The van der Waals surface area contributed by atoms with Crippen LogP contribution in [0.15, 0.2) is 6.07 Å². The Kier molecular flexibility index (Phi) is 2.02. The molecule has 0 amide bonds. The topological polar surface area (TPSA) is 21.3 Å². The average molecular weight is 187 g/mol. The predicted octanol–water partition coefficient (Wildman–Crippen LogP) is 1.41. The van der Waals surface area contributed by atoms with E-state index >= 15 is 0 Å². The van der Waals surface area contributed by atoms with E-state index in [0.717, 1.165) is 17.0 Å². The maximum Gasteiger partial charge on any atom is 0.180 e. The fraction of sp³-hybridized carbons (Fsp3) is 0.500. The minimum atomic E-state index is -0.156. The molecule has 0 spiro atoms. The lowest BCUT2D eigenvalue weighted by molar-refractivity contribution is 0.248. The maximum atomic E-state index is 12.7. The number of nitrogens with one attached hydrogen (secondary N) is 1. The van der Waals surface area contributed by atoms with E-state index in [1.165, 1.54) is 17.4 Å². The molecule has 4 heteroatoms. The highest BCUT2D eigenvalue weighted by molar-refractivity contribution is 7.10. The van der Waals surface area contributed by atoms with Crippen molar-refractivity contribution in [2.24, 2.45) is 0 Å². The molecule has 0 bridgehead atoms. The molecule has 0 aliphatic carbocycles. The Morgan fingerprint density at radius 2 is 2.58 bits per heavy atom. The molecule has 0 saturated heterocycles. The summed E-state index contributed by atoms with van der Waals surface area (Å²) in [4.78, 5) is 1.01. The molecule has 0 aromatic carbocycles. The second-order valence-corrected chi connectivity index (χ2v) is 3.93. The third kappa shape index (κ3) is 1.32. The number of hydrogen-bond donors (Lipinski definition) is 1. The minimum Gasteiger partial charge on any atom is -0.491 e. The zero-order valence-corrected chi connectivity index (χ0v) is 7.58. The van der Waals surface area contributed by atoms with E-state index in [-0.39, 0.29) is 5.13 Å². The van der Waals surface area contributed by atoms with E-state index < -0.39 is 0 Å². The highest BCUT2D eigenvalue weighted by Gasteiger charge is 2.21. The summed E-state index contributed by atoms with van der Waals surface area (Å²) in [6.45, 7) is 0.639. The first-order valence-electron chi connectivity index (χ1n) is 3.88. The molecule has 1 unspecified atom stereocenters. The molecule has 2 heterocycles. The van der Waals surface area contributed by atoms with Gasteiger partial charge in [0, 0.05) is 18.5 Å². The smallest absolute Gasteiger partial charge is 0.180 e. The van der Waals surface area contributed by atoms with Crippen LogP contribution in [0, 0.1) is 5.13 Å². The van der Waals surface area contributed by atoms with Gasteiger partial charge in [-0.25, -0.2) is 0 Å². The van der Waals surface area contributed by atoms with Gasteiger partial charge in [0.25, 0.3) is 0 Å². The molecule has 0 fully saturated rings. The third-order valence-electron chi connectivity index (χ3n) is 2.02. The van der Waals surface area contributed by atoms with Crippen LogP contribution in [0.1, 0.15) is 4.88 Å². The first-order valence-corrected chi connectivity index (χ1v) is 4.69. The lowest BCUT2D eigenvalue weighted by Gasteiger charge is -2.21. The molecule has 1 aliphatic heterocycles. The largest absolute Gasteiger partial charge is 0.491 e. The highest BCUT2D eigenvalue weighted by atomic mass is 32.1. The van der Waals surface area contributed by atoms with Gasteiger partial charge in [-0.3, -0.25) is 0 Å². The third-order valence-corrected chi connectivity index (χ3v) is 2.95. The van der Waals surface area contributed by atoms with Crippen molar-refractivity contribution in [1.29, 1.82) is 0 Å². The Morgan fingerprint density at radius 3 is 3.33 bits per heavy atom. The maximum absolute atomic E-state index is 12.7. The van der Waals surface area contributed by atoms with Gasteiger partial charge >= 0.3 is 0 Å². The standard InChI is InChI=1S/C8H10FNOS/c1-10-5-2-7-6(11-4-5)3-8(9)12-7/h3,5,10H,2,4H2,1H3. The van der Waals surface area contributed by atoms with Gasteiger partial charge in [0.05, 0.1) is 4.88 Å². The molecule has 2 nitrogen and oxygen atoms in total. The van der Waals surface area contributed by atoms with Crippen molar-refractivity contribution < 1.29 is 9.13 Å². The van der Waals surface area contributed by atoms with E-state index in [1.54, 1.807) is 0 Å². The Balaban J connectivity index is 2.22. The highest BCUT2D eigenvalue weighted by Crippen LogP contribution is 2.32. The monoisotopic (exact) mass is 187 g/mol. The van der Waals surface area contributed by atoms with Gasteiger partial charge in [0.1, 0.15) is 12.4 Å². The van der Waals surface area contributed by atoms with Crippen LogP contribution in [0.2, 0.25) is 0 Å². The molecule has 1 N–H and O–H groups in total. The van der Waals surface area contributed by atoms with Gasteiger partial charge in [-0.15, -0.1) is 11.3 Å². The Bertz CT molecular complexity index is 287. The van der Waals surface area contributed by atoms with Gasteiger partial charge in [-0.1, -0.05) is 0 Å². The van der Waals surface area contributed by atoms with E-state index in [9.17, 15) is 4.39 Å². The van der Waals surface area contributed by atoms with Crippen LogP contribution >= 0.6 is 11.3 Å². The number of fused-ring (bicyclic) bond motifs is 1. The molecular formula is C8H10FNOS. The number of likely N-dealkylation sites (N-methyl/N-ethyl adjacent to an activating group) is 1. The number of hydrogen-bond acceptors (Lipinski definition) is 3. The Hall–Kier alpha value is -0.610. The van der Waals surface area contributed by atoms with Crippen molar-refractivity contribution in [2.45, 2.75) is 12.5 Å². The summed E-state index contributed by atoms with van der Waals surface area (Å²) in [6, 6.07) is 1.79. The predicted molar refractivity (Wildman–Crippen MR) is 46.3 cm³/mol. The summed E-state index contributed by atoms with van der Waals surface area (Å²) in [5.41, 5.74) is 0. The van der Waals surface area contributed by atoms with Crippen LogP contribution in [0.25, 0.3) is 0 Å². The fourth-order valence-electron chi connectivity index (χ4n) is 1.30. The average Bonchev–Trinajstić information content (AvgIpc) is 2.43. The molecule has 12 heavy (non-hydrogen) atoms. The normalized spacial score (nSPS) is 21.7. The van der Waals surface area contributed by atoms with E-state index in [0.29, 0.717) is 12.6 Å². The van der Waals surface area contributed by atoms with Crippen LogP contribution in [-0.4, -0.2) is 19.7 Å². The summed E-state index contributed by atoms with van der Waals surface area (Å²) < 4.78 is 18.1. The molecule has 1 aliphatic rings. The van der Waals surface area contributed by atoms with Crippen molar-refractivity contribution in [2.75, 3.05) is 13.7 Å². The van der Waals surface area contributed by atoms with Crippen LogP contribution in [-0.2, 0) is 6.42 Å². The molecule has 0 saturated carbocycles. The second kappa shape index (κ2) is 3.03. The van der Waals surface area contributed by atoms with Gasteiger partial charge in [0.2, 0.25) is 0 Å². The Labute approximate surface area is 74.4 Å². The van der Waals surface area contributed by atoms with Crippen molar-refractivity contribution in [1.82, 2.24) is 5.32 Å². The lowest BCUT2D eigenvalue weighted by Crippen LogP contribution is -2.36. The van der Waals surface area contributed by atoms with Gasteiger partial charge in [-0.2, -0.15) is 4.39 Å². The molecule has 0 radical (unpaired) electrons. The quantitative estimate of drug-likeness (QED) is 0.717. The van der Waals surface area contributed by atoms with Crippen molar-refractivity contribution in [3.05, 3.63) is 16.1 Å². The first-order chi connectivity index (χ1) is 5.79. The van der Waals surface area contributed by atoms with E-state index in [2.05, 4.69) is 5.32 Å². The summed E-state index contributed by atoms with van der Waals surface area (Å²) >= 11 is 1.18.